The number of ether oxygens (including phenoxy) is 1. The van der Waals surface area contributed by atoms with Gasteiger partial charge in [-0.3, -0.25) is 4.79 Å². The van der Waals surface area contributed by atoms with Crippen molar-refractivity contribution in [3.63, 3.8) is 0 Å². The van der Waals surface area contributed by atoms with Crippen molar-refractivity contribution >= 4 is 29.1 Å². The highest BCUT2D eigenvalue weighted by atomic mass is 35.5. The van der Waals surface area contributed by atoms with Gasteiger partial charge in [-0.25, -0.2) is 0 Å². The Morgan fingerprint density at radius 1 is 1.21 bits per heavy atom. The molecule has 1 fully saturated rings. The van der Waals surface area contributed by atoms with E-state index in [4.69, 9.17) is 27.9 Å². The first kappa shape index (κ1) is 14.5. The van der Waals surface area contributed by atoms with Crippen molar-refractivity contribution in [3.05, 3.63) is 27.7 Å². The number of carbonyl (C=O) groups is 1. The Hall–Kier alpha value is -0.930. The van der Waals surface area contributed by atoms with Gasteiger partial charge >= 0.3 is 0 Å². The lowest BCUT2D eigenvalue weighted by Gasteiger charge is -2.23. The Morgan fingerprint density at radius 2 is 1.84 bits per heavy atom. The van der Waals surface area contributed by atoms with E-state index in [-0.39, 0.29) is 11.9 Å². The molecule has 0 aliphatic heterocycles. The van der Waals surface area contributed by atoms with E-state index in [0.29, 0.717) is 21.4 Å². The molecule has 19 heavy (non-hydrogen) atoms. The quantitative estimate of drug-likeness (QED) is 0.914. The summed E-state index contributed by atoms with van der Waals surface area (Å²) in [5.74, 6) is 0.124. The molecule has 0 spiro atoms. The molecule has 0 aromatic heterocycles. The van der Waals surface area contributed by atoms with Crippen molar-refractivity contribution in [3.8, 4) is 5.75 Å². The Bertz CT molecular complexity index is 471. The van der Waals surface area contributed by atoms with Crippen molar-refractivity contribution in [1.82, 2.24) is 5.32 Å². The predicted molar refractivity (Wildman–Crippen MR) is 77.4 cm³/mol. The molecule has 0 heterocycles. The number of methoxy groups -OCH3 is 1. The van der Waals surface area contributed by atoms with Crippen LogP contribution in [-0.2, 0) is 0 Å². The predicted octanol–water partition coefficient (Wildman–Crippen LogP) is 4.06. The van der Waals surface area contributed by atoms with Crippen LogP contribution in [0.15, 0.2) is 12.1 Å². The highest BCUT2D eigenvalue weighted by Gasteiger charge is 2.22. The van der Waals surface area contributed by atoms with Crippen LogP contribution in [-0.4, -0.2) is 19.1 Å². The fourth-order valence-electron chi connectivity index (χ4n) is 2.45. The van der Waals surface area contributed by atoms with E-state index in [0.717, 1.165) is 25.7 Å². The molecule has 1 amide bonds. The fraction of sp³-hybridized carbons (Fsp3) is 0.500. The highest BCUT2D eigenvalue weighted by molar-refractivity contribution is 6.37. The zero-order valence-electron chi connectivity index (χ0n) is 10.8. The standard InChI is InChI=1S/C14H17Cl2NO2/c1-19-13-11(16)8-7-10(15)12(13)14(18)17-9-5-3-2-4-6-9/h7-9H,2-6H2,1H3,(H,17,18). The van der Waals surface area contributed by atoms with E-state index < -0.39 is 0 Å². The second-order valence-corrected chi connectivity index (χ2v) is 5.56. The summed E-state index contributed by atoms with van der Waals surface area (Å²) in [6.07, 6.45) is 5.60. The molecule has 0 unspecified atom stereocenters. The first-order valence-corrected chi connectivity index (χ1v) is 7.22. The Kier molecular flexibility index (Phi) is 4.94. The smallest absolute Gasteiger partial charge is 0.256 e. The molecule has 2 rings (SSSR count). The summed E-state index contributed by atoms with van der Waals surface area (Å²) < 4.78 is 5.19. The lowest BCUT2D eigenvalue weighted by molar-refractivity contribution is 0.0925. The van der Waals surface area contributed by atoms with Crippen LogP contribution < -0.4 is 10.1 Å². The lowest BCUT2D eigenvalue weighted by Crippen LogP contribution is -2.36. The summed E-state index contributed by atoms with van der Waals surface area (Å²) in [5, 5.41) is 3.76. The van der Waals surface area contributed by atoms with Gasteiger partial charge in [0.25, 0.3) is 5.91 Å². The van der Waals surface area contributed by atoms with Crippen molar-refractivity contribution in [2.24, 2.45) is 0 Å². The number of rotatable bonds is 3. The van der Waals surface area contributed by atoms with Crippen molar-refractivity contribution in [2.75, 3.05) is 7.11 Å². The van der Waals surface area contributed by atoms with E-state index >= 15 is 0 Å². The van der Waals surface area contributed by atoms with Gasteiger partial charge in [0.15, 0.2) is 5.75 Å². The van der Waals surface area contributed by atoms with E-state index in [1.165, 1.54) is 13.5 Å². The molecule has 0 radical (unpaired) electrons. The third-order valence-electron chi connectivity index (χ3n) is 3.43. The SMILES string of the molecule is COc1c(Cl)ccc(Cl)c1C(=O)NC1CCCCC1. The molecule has 3 nitrogen and oxygen atoms in total. The van der Waals surface area contributed by atoms with Crippen LogP contribution in [0.5, 0.6) is 5.75 Å². The zero-order valence-corrected chi connectivity index (χ0v) is 12.4. The maximum absolute atomic E-state index is 12.3. The molecular weight excluding hydrogens is 285 g/mol. The van der Waals surface area contributed by atoms with Gasteiger partial charge < -0.3 is 10.1 Å². The molecule has 1 aromatic carbocycles. The van der Waals surface area contributed by atoms with Crippen LogP contribution >= 0.6 is 23.2 Å². The second-order valence-electron chi connectivity index (χ2n) is 4.75. The number of hydrogen-bond acceptors (Lipinski definition) is 2. The van der Waals surface area contributed by atoms with Crippen molar-refractivity contribution < 1.29 is 9.53 Å². The molecule has 1 aliphatic carbocycles. The second kappa shape index (κ2) is 6.49. The number of benzene rings is 1. The normalized spacial score (nSPS) is 16.2. The molecular formula is C14H17Cl2NO2. The van der Waals surface area contributed by atoms with E-state index in [2.05, 4.69) is 5.32 Å². The molecule has 0 bridgehead atoms. The van der Waals surface area contributed by atoms with Gasteiger partial charge in [0.2, 0.25) is 0 Å². The van der Waals surface area contributed by atoms with Gasteiger partial charge in [-0.1, -0.05) is 42.5 Å². The lowest BCUT2D eigenvalue weighted by atomic mass is 9.95. The first-order chi connectivity index (χ1) is 9.13. The van der Waals surface area contributed by atoms with Gasteiger partial charge in [-0.15, -0.1) is 0 Å². The molecule has 0 saturated heterocycles. The van der Waals surface area contributed by atoms with Crippen molar-refractivity contribution in [2.45, 2.75) is 38.1 Å². The van der Waals surface area contributed by atoms with Gasteiger partial charge in [-0.05, 0) is 25.0 Å². The molecule has 1 N–H and O–H groups in total. The number of carbonyl (C=O) groups excluding carboxylic acids is 1. The number of hydrogen-bond donors (Lipinski definition) is 1. The van der Waals surface area contributed by atoms with Crippen LogP contribution in [0.1, 0.15) is 42.5 Å². The summed E-state index contributed by atoms with van der Waals surface area (Å²) in [6, 6.07) is 3.46. The molecule has 1 saturated carbocycles. The fourth-order valence-corrected chi connectivity index (χ4v) is 2.92. The third-order valence-corrected chi connectivity index (χ3v) is 4.04. The van der Waals surface area contributed by atoms with E-state index in [1.54, 1.807) is 12.1 Å². The molecule has 1 aromatic rings. The molecule has 1 aliphatic rings. The summed E-state index contributed by atoms with van der Waals surface area (Å²) in [4.78, 5) is 12.3. The largest absolute Gasteiger partial charge is 0.494 e. The van der Waals surface area contributed by atoms with Gasteiger partial charge in [0.05, 0.1) is 17.2 Å². The highest BCUT2D eigenvalue weighted by Crippen LogP contribution is 2.34. The summed E-state index contributed by atoms with van der Waals surface area (Å²) >= 11 is 12.1. The van der Waals surface area contributed by atoms with Gasteiger partial charge in [0.1, 0.15) is 5.56 Å². The minimum absolute atomic E-state index is 0.212. The minimum Gasteiger partial charge on any atom is -0.494 e. The first-order valence-electron chi connectivity index (χ1n) is 6.46. The van der Waals surface area contributed by atoms with Crippen LogP contribution in [0.2, 0.25) is 10.0 Å². The maximum atomic E-state index is 12.3. The average Bonchev–Trinajstić information content (AvgIpc) is 2.42. The molecule has 5 heteroatoms. The van der Waals surface area contributed by atoms with Crippen molar-refractivity contribution in [1.29, 1.82) is 0 Å². The average molecular weight is 302 g/mol. The maximum Gasteiger partial charge on any atom is 0.256 e. The topological polar surface area (TPSA) is 38.3 Å². The molecule has 0 atom stereocenters. The number of nitrogens with one attached hydrogen (secondary N) is 1. The number of amides is 1. The summed E-state index contributed by atoms with van der Waals surface area (Å²) in [5.41, 5.74) is 0.322. The van der Waals surface area contributed by atoms with Crippen LogP contribution in [0, 0.1) is 0 Å². The third kappa shape index (κ3) is 3.34. The van der Waals surface area contributed by atoms with Gasteiger partial charge in [-0.2, -0.15) is 0 Å². The Morgan fingerprint density at radius 3 is 2.47 bits per heavy atom. The van der Waals surface area contributed by atoms with Gasteiger partial charge in [0, 0.05) is 6.04 Å². The minimum atomic E-state index is -0.212. The Labute approximate surface area is 123 Å². The summed E-state index contributed by atoms with van der Waals surface area (Å²) in [7, 11) is 1.48. The zero-order chi connectivity index (χ0) is 13.8. The van der Waals surface area contributed by atoms with Crippen LogP contribution in [0.4, 0.5) is 0 Å². The molecule has 104 valence electrons. The summed E-state index contributed by atoms with van der Waals surface area (Å²) in [6.45, 7) is 0. The number of halogens is 2. The van der Waals surface area contributed by atoms with Crippen LogP contribution in [0.3, 0.4) is 0 Å². The van der Waals surface area contributed by atoms with Crippen LogP contribution in [0.25, 0.3) is 0 Å². The monoisotopic (exact) mass is 301 g/mol. The van der Waals surface area contributed by atoms with E-state index in [1.807, 2.05) is 0 Å². The van der Waals surface area contributed by atoms with E-state index in [9.17, 15) is 4.79 Å². The Balaban J connectivity index is 2.20.